The summed E-state index contributed by atoms with van der Waals surface area (Å²) in [7, 11) is 0. The van der Waals surface area contributed by atoms with E-state index in [1.807, 2.05) is 6.07 Å². The summed E-state index contributed by atoms with van der Waals surface area (Å²) in [5.41, 5.74) is -0.0863. The number of benzene rings is 1. The molecular formula is C16H9ClF3NO2. The highest BCUT2D eigenvalue weighted by molar-refractivity contribution is 6.31. The molecule has 2 heterocycles. The lowest BCUT2D eigenvalue weighted by molar-refractivity contribution is -0.137. The number of nitrogens with zero attached hydrogens (tertiary/aromatic N) is 1. The number of furan rings is 1. The van der Waals surface area contributed by atoms with Crippen LogP contribution in [0.5, 0.6) is 11.6 Å². The van der Waals surface area contributed by atoms with E-state index >= 15 is 0 Å². The van der Waals surface area contributed by atoms with Gasteiger partial charge in [0.1, 0.15) is 16.5 Å². The third-order valence-electron chi connectivity index (χ3n) is 3.01. The van der Waals surface area contributed by atoms with Gasteiger partial charge in [0.15, 0.2) is 0 Å². The van der Waals surface area contributed by atoms with Gasteiger partial charge in [-0.3, -0.25) is 0 Å². The van der Waals surface area contributed by atoms with Crippen molar-refractivity contribution in [3.05, 3.63) is 65.5 Å². The molecule has 118 valence electrons. The second-order valence-electron chi connectivity index (χ2n) is 4.61. The standard InChI is InChI=1S/C16H9ClF3NO2/c17-13-8-11(16(18,19)20)9-21-15(13)23-12-5-3-10(4-6-12)14-2-1-7-22-14/h1-9H. The summed E-state index contributed by atoms with van der Waals surface area (Å²) in [5.74, 6) is 1.00. The van der Waals surface area contributed by atoms with Crippen LogP contribution in [0.2, 0.25) is 5.02 Å². The van der Waals surface area contributed by atoms with Gasteiger partial charge in [0.2, 0.25) is 5.88 Å². The van der Waals surface area contributed by atoms with Gasteiger partial charge >= 0.3 is 6.18 Å². The van der Waals surface area contributed by atoms with E-state index < -0.39 is 11.7 Å². The van der Waals surface area contributed by atoms with Crippen LogP contribution in [-0.2, 0) is 6.18 Å². The van der Waals surface area contributed by atoms with E-state index in [1.54, 1.807) is 36.6 Å². The van der Waals surface area contributed by atoms with Gasteiger partial charge in [-0.25, -0.2) is 4.98 Å². The van der Waals surface area contributed by atoms with Crippen molar-refractivity contribution in [1.29, 1.82) is 0 Å². The SMILES string of the molecule is FC(F)(F)c1cnc(Oc2ccc(-c3ccco3)cc2)c(Cl)c1. The Labute approximate surface area is 134 Å². The number of alkyl halides is 3. The molecule has 0 saturated heterocycles. The Hall–Kier alpha value is -2.47. The molecule has 0 amide bonds. The Balaban J connectivity index is 1.79. The van der Waals surface area contributed by atoms with Crippen molar-refractivity contribution in [2.45, 2.75) is 6.18 Å². The third kappa shape index (κ3) is 3.48. The summed E-state index contributed by atoms with van der Waals surface area (Å²) in [6.45, 7) is 0. The smallest absolute Gasteiger partial charge is 0.417 e. The summed E-state index contributed by atoms with van der Waals surface area (Å²) < 4.78 is 48.3. The number of hydrogen-bond donors (Lipinski definition) is 0. The highest BCUT2D eigenvalue weighted by Gasteiger charge is 2.31. The molecule has 0 saturated carbocycles. The molecule has 3 rings (SSSR count). The number of halogens is 4. The van der Waals surface area contributed by atoms with Crippen LogP contribution in [0, 0.1) is 0 Å². The fourth-order valence-corrected chi connectivity index (χ4v) is 2.10. The highest BCUT2D eigenvalue weighted by atomic mass is 35.5. The van der Waals surface area contributed by atoms with E-state index in [0.717, 1.165) is 11.6 Å². The second-order valence-corrected chi connectivity index (χ2v) is 5.02. The van der Waals surface area contributed by atoms with Gasteiger partial charge in [-0.05, 0) is 42.5 Å². The van der Waals surface area contributed by atoms with Gasteiger partial charge in [-0.1, -0.05) is 11.6 Å². The Morgan fingerprint density at radius 1 is 1.09 bits per heavy atom. The Kier molecular flexibility index (Phi) is 4.00. The van der Waals surface area contributed by atoms with Gasteiger partial charge in [0.25, 0.3) is 0 Å². The van der Waals surface area contributed by atoms with Gasteiger partial charge in [-0.2, -0.15) is 13.2 Å². The molecule has 1 aromatic carbocycles. The highest BCUT2D eigenvalue weighted by Crippen LogP contribution is 2.35. The number of aromatic nitrogens is 1. The van der Waals surface area contributed by atoms with E-state index in [2.05, 4.69) is 4.98 Å². The topological polar surface area (TPSA) is 35.3 Å². The molecule has 0 fully saturated rings. The molecule has 0 bridgehead atoms. The molecule has 7 heteroatoms. The third-order valence-corrected chi connectivity index (χ3v) is 3.28. The minimum atomic E-state index is -4.50. The van der Waals surface area contributed by atoms with E-state index in [-0.39, 0.29) is 10.9 Å². The van der Waals surface area contributed by atoms with Crippen LogP contribution in [-0.4, -0.2) is 4.98 Å². The van der Waals surface area contributed by atoms with Crippen LogP contribution >= 0.6 is 11.6 Å². The molecular weight excluding hydrogens is 331 g/mol. The zero-order valence-electron chi connectivity index (χ0n) is 11.5. The van der Waals surface area contributed by atoms with Crippen molar-refractivity contribution in [2.24, 2.45) is 0 Å². The van der Waals surface area contributed by atoms with Crippen LogP contribution in [0.4, 0.5) is 13.2 Å². The summed E-state index contributed by atoms with van der Waals surface area (Å²) >= 11 is 5.80. The molecule has 3 nitrogen and oxygen atoms in total. The van der Waals surface area contributed by atoms with Crippen molar-refractivity contribution in [1.82, 2.24) is 4.98 Å². The molecule has 0 aliphatic heterocycles. The average Bonchev–Trinajstić information content (AvgIpc) is 3.03. The van der Waals surface area contributed by atoms with Gasteiger partial charge in [-0.15, -0.1) is 0 Å². The van der Waals surface area contributed by atoms with Crippen molar-refractivity contribution in [2.75, 3.05) is 0 Å². The number of pyridine rings is 1. The summed E-state index contributed by atoms with van der Waals surface area (Å²) in [6.07, 6.45) is -2.26. The van der Waals surface area contributed by atoms with Crippen LogP contribution < -0.4 is 4.74 Å². The Morgan fingerprint density at radius 3 is 2.39 bits per heavy atom. The molecule has 23 heavy (non-hydrogen) atoms. The fraction of sp³-hybridized carbons (Fsp3) is 0.0625. The number of hydrogen-bond acceptors (Lipinski definition) is 3. The number of ether oxygens (including phenoxy) is 1. The average molecular weight is 340 g/mol. The van der Waals surface area contributed by atoms with E-state index in [1.165, 1.54) is 0 Å². The quantitative estimate of drug-likeness (QED) is 0.604. The Morgan fingerprint density at radius 2 is 1.83 bits per heavy atom. The van der Waals surface area contributed by atoms with E-state index in [0.29, 0.717) is 17.7 Å². The van der Waals surface area contributed by atoms with Crippen LogP contribution in [0.15, 0.2) is 59.3 Å². The van der Waals surface area contributed by atoms with E-state index in [4.69, 9.17) is 20.8 Å². The summed E-state index contributed by atoms with van der Waals surface area (Å²) in [6, 6.07) is 11.2. The fourth-order valence-electron chi connectivity index (χ4n) is 1.90. The molecule has 0 aliphatic rings. The maximum absolute atomic E-state index is 12.6. The predicted octanol–water partition coefficient (Wildman–Crippen LogP) is 5.81. The maximum atomic E-state index is 12.6. The first-order valence-electron chi connectivity index (χ1n) is 6.48. The maximum Gasteiger partial charge on any atom is 0.417 e. The molecule has 0 spiro atoms. The minimum Gasteiger partial charge on any atom is -0.464 e. The summed E-state index contributed by atoms with van der Waals surface area (Å²) in [4.78, 5) is 3.62. The molecule has 0 radical (unpaired) electrons. The van der Waals surface area contributed by atoms with Gasteiger partial charge in [0, 0.05) is 11.8 Å². The largest absolute Gasteiger partial charge is 0.464 e. The summed E-state index contributed by atoms with van der Waals surface area (Å²) in [5, 5.41) is -0.213. The lowest BCUT2D eigenvalue weighted by atomic mass is 10.2. The van der Waals surface area contributed by atoms with E-state index in [9.17, 15) is 13.2 Å². The van der Waals surface area contributed by atoms with Crippen molar-refractivity contribution < 1.29 is 22.3 Å². The van der Waals surface area contributed by atoms with Gasteiger partial charge in [0.05, 0.1) is 11.8 Å². The second kappa shape index (κ2) is 5.96. The predicted molar refractivity (Wildman–Crippen MR) is 78.5 cm³/mol. The first-order chi connectivity index (χ1) is 10.9. The van der Waals surface area contributed by atoms with Crippen LogP contribution in [0.1, 0.15) is 5.56 Å². The lowest BCUT2D eigenvalue weighted by Gasteiger charge is -2.10. The Bertz CT molecular complexity index is 799. The van der Waals surface area contributed by atoms with Crippen molar-refractivity contribution >= 4 is 11.6 Å². The normalized spacial score (nSPS) is 11.5. The molecule has 0 unspecified atom stereocenters. The van der Waals surface area contributed by atoms with Crippen LogP contribution in [0.3, 0.4) is 0 Å². The molecule has 0 atom stereocenters. The molecule has 0 N–H and O–H groups in total. The first kappa shape index (κ1) is 15.4. The van der Waals surface area contributed by atoms with Gasteiger partial charge < -0.3 is 9.15 Å². The monoisotopic (exact) mass is 339 g/mol. The zero-order chi connectivity index (χ0) is 16.4. The zero-order valence-corrected chi connectivity index (χ0v) is 12.2. The minimum absolute atomic E-state index is 0.0922. The van der Waals surface area contributed by atoms with Crippen molar-refractivity contribution in [3.63, 3.8) is 0 Å². The van der Waals surface area contributed by atoms with Crippen LogP contribution in [0.25, 0.3) is 11.3 Å². The first-order valence-corrected chi connectivity index (χ1v) is 6.86. The molecule has 3 aromatic rings. The molecule has 2 aromatic heterocycles. The molecule has 0 aliphatic carbocycles. The lowest BCUT2D eigenvalue weighted by Crippen LogP contribution is -2.05. The van der Waals surface area contributed by atoms with Crippen molar-refractivity contribution in [3.8, 4) is 23.0 Å². The number of rotatable bonds is 3.